The van der Waals surface area contributed by atoms with Crippen LogP contribution in [-0.4, -0.2) is 42.9 Å². The first-order chi connectivity index (χ1) is 15.1. The van der Waals surface area contributed by atoms with Gasteiger partial charge in [-0.3, -0.25) is 9.59 Å². The monoisotopic (exact) mass is 441 g/mol. The Hall–Kier alpha value is -2.04. The molecule has 0 aromatic heterocycles. The zero-order chi connectivity index (χ0) is 23.3. The average molecular weight is 442 g/mol. The van der Waals surface area contributed by atoms with Gasteiger partial charge in [0.2, 0.25) is 5.91 Å². The summed E-state index contributed by atoms with van der Waals surface area (Å²) in [6, 6.07) is 5.92. The third-order valence-electron chi connectivity index (χ3n) is 6.77. The summed E-state index contributed by atoms with van der Waals surface area (Å²) in [4.78, 5) is 30.6. The van der Waals surface area contributed by atoms with Gasteiger partial charge in [-0.25, -0.2) is 0 Å². The number of hydrogen-bond donors (Lipinski definition) is 1. The molecule has 2 aliphatic heterocycles. The molecule has 0 spiro atoms. The maximum atomic E-state index is 13.5. The van der Waals surface area contributed by atoms with Gasteiger partial charge in [0.1, 0.15) is 0 Å². The molecular weight excluding hydrogens is 398 g/mol. The maximum Gasteiger partial charge on any atom is 0.256 e. The average Bonchev–Trinajstić information content (AvgIpc) is 2.73. The Balaban J connectivity index is 1.77. The van der Waals surface area contributed by atoms with E-state index in [4.69, 9.17) is 0 Å². The lowest BCUT2D eigenvalue weighted by atomic mass is 9.84. The standard InChI is InChI=1S/C27H43N3O2/c1-20-11-15-30(16-12-20)26(32)23-18-22(9-10-24(23)29-13-7-6-8-14-29)28-25(31)17-21(2)19-27(3,4)5/h9-10,18,20-21H,6-8,11-17,19H2,1-5H3,(H,28,31)/t21-/m1/s1. The molecule has 5 heteroatoms. The van der Waals surface area contributed by atoms with Crippen LogP contribution >= 0.6 is 0 Å². The SMILES string of the molecule is CC1CCN(C(=O)c2cc(NC(=O)C[C@@H](C)CC(C)(C)C)ccc2N2CCCCC2)CC1. The number of likely N-dealkylation sites (tertiary alicyclic amines) is 1. The molecule has 1 aromatic carbocycles. The van der Waals surface area contributed by atoms with Crippen LogP contribution in [0.25, 0.3) is 0 Å². The number of piperidine rings is 2. The summed E-state index contributed by atoms with van der Waals surface area (Å²) in [7, 11) is 0. The van der Waals surface area contributed by atoms with Gasteiger partial charge in [-0.05, 0) is 74.0 Å². The van der Waals surface area contributed by atoms with Gasteiger partial charge in [-0.15, -0.1) is 0 Å². The number of anilines is 2. The molecule has 2 aliphatic rings. The van der Waals surface area contributed by atoms with Crippen LogP contribution < -0.4 is 10.2 Å². The van der Waals surface area contributed by atoms with Crippen molar-refractivity contribution in [3.05, 3.63) is 23.8 Å². The molecule has 2 heterocycles. The molecule has 5 nitrogen and oxygen atoms in total. The molecule has 2 saturated heterocycles. The van der Waals surface area contributed by atoms with E-state index in [2.05, 4.69) is 44.8 Å². The van der Waals surface area contributed by atoms with Gasteiger partial charge in [0.05, 0.1) is 5.56 Å². The maximum absolute atomic E-state index is 13.5. The summed E-state index contributed by atoms with van der Waals surface area (Å²) in [5, 5.41) is 3.07. The van der Waals surface area contributed by atoms with Crippen LogP contribution in [0, 0.1) is 17.3 Å². The third-order valence-corrected chi connectivity index (χ3v) is 6.77. The Morgan fingerprint density at radius 2 is 1.72 bits per heavy atom. The van der Waals surface area contributed by atoms with Gasteiger partial charge < -0.3 is 15.1 Å². The number of carbonyl (C=O) groups excluding carboxylic acids is 2. The molecule has 0 aliphatic carbocycles. The minimum atomic E-state index is 0.0256. The molecule has 0 bridgehead atoms. The number of nitrogens with zero attached hydrogens (tertiary/aromatic N) is 2. The van der Waals surface area contributed by atoms with E-state index in [1.807, 2.05) is 23.1 Å². The van der Waals surface area contributed by atoms with Gasteiger partial charge >= 0.3 is 0 Å². The van der Waals surface area contributed by atoms with E-state index >= 15 is 0 Å². The number of amides is 2. The van der Waals surface area contributed by atoms with Crippen LogP contribution in [0.3, 0.4) is 0 Å². The summed E-state index contributed by atoms with van der Waals surface area (Å²) in [6.45, 7) is 14.6. The Morgan fingerprint density at radius 3 is 2.34 bits per heavy atom. The molecule has 2 amide bonds. The Morgan fingerprint density at radius 1 is 1.06 bits per heavy atom. The van der Waals surface area contributed by atoms with Crippen LogP contribution in [0.1, 0.15) is 89.9 Å². The van der Waals surface area contributed by atoms with Gasteiger partial charge in [0, 0.05) is 44.0 Å². The largest absolute Gasteiger partial charge is 0.371 e. The van der Waals surface area contributed by atoms with Crippen LogP contribution in [0.4, 0.5) is 11.4 Å². The fourth-order valence-corrected chi connectivity index (χ4v) is 5.22. The molecule has 0 unspecified atom stereocenters. The Labute approximate surface area is 194 Å². The highest BCUT2D eigenvalue weighted by Gasteiger charge is 2.26. The van der Waals surface area contributed by atoms with Gasteiger partial charge in [0.25, 0.3) is 5.91 Å². The molecular formula is C27H43N3O2. The minimum absolute atomic E-state index is 0.0256. The second kappa shape index (κ2) is 10.7. The molecule has 178 valence electrons. The normalized spacial score (nSPS) is 19.0. The van der Waals surface area contributed by atoms with Crippen molar-refractivity contribution < 1.29 is 9.59 Å². The predicted octanol–water partition coefficient (Wildman–Crippen LogP) is 5.95. The van der Waals surface area contributed by atoms with Crippen LogP contribution in [0.15, 0.2) is 18.2 Å². The van der Waals surface area contributed by atoms with Crippen LogP contribution in [-0.2, 0) is 4.79 Å². The lowest BCUT2D eigenvalue weighted by Gasteiger charge is -2.34. The Bertz CT molecular complexity index is 785. The number of benzene rings is 1. The highest BCUT2D eigenvalue weighted by molar-refractivity contribution is 6.02. The van der Waals surface area contributed by atoms with Crippen LogP contribution in [0.5, 0.6) is 0 Å². The van der Waals surface area contributed by atoms with E-state index in [9.17, 15) is 9.59 Å². The predicted molar refractivity (Wildman–Crippen MR) is 133 cm³/mol. The smallest absolute Gasteiger partial charge is 0.256 e. The van der Waals surface area contributed by atoms with Gasteiger partial charge in [0.15, 0.2) is 0 Å². The van der Waals surface area contributed by atoms with Crippen molar-refractivity contribution >= 4 is 23.2 Å². The van der Waals surface area contributed by atoms with Gasteiger partial charge in [-0.2, -0.15) is 0 Å². The minimum Gasteiger partial charge on any atom is -0.371 e. The van der Waals surface area contributed by atoms with Crippen molar-refractivity contribution in [3.63, 3.8) is 0 Å². The topological polar surface area (TPSA) is 52.7 Å². The summed E-state index contributed by atoms with van der Waals surface area (Å²) >= 11 is 0. The number of rotatable bonds is 6. The van der Waals surface area contributed by atoms with Crippen molar-refractivity contribution in [2.24, 2.45) is 17.3 Å². The summed E-state index contributed by atoms with van der Waals surface area (Å²) in [5.74, 6) is 1.13. The zero-order valence-electron chi connectivity index (χ0n) is 20.9. The second-order valence-electron chi connectivity index (χ2n) is 11.4. The lowest BCUT2D eigenvalue weighted by molar-refractivity contribution is -0.117. The van der Waals surface area contributed by atoms with E-state index in [1.54, 1.807) is 0 Å². The fraction of sp³-hybridized carbons (Fsp3) is 0.704. The second-order valence-corrected chi connectivity index (χ2v) is 11.4. The van der Waals surface area contributed by atoms with Crippen molar-refractivity contribution in [2.75, 3.05) is 36.4 Å². The van der Waals surface area contributed by atoms with E-state index in [0.29, 0.717) is 18.3 Å². The van der Waals surface area contributed by atoms with Crippen molar-refractivity contribution in [2.45, 2.75) is 79.6 Å². The van der Waals surface area contributed by atoms with E-state index in [-0.39, 0.29) is 17.2 Å². The lowest BCUT2D eigenvalue weighted by Crippen LogP contribution is -2.39. The van der Waals surface area contributed by atoms with E-state index < -0.39 is 0 Å². The molecule has 3 rings (SSSR count). The van der Waals surface area contributed by atoms with Crippen molar-refractivity contribution in [3.8, 4) is 0 Å². The first kappa shape index (κ1) is 24.6. The van der Waals surface area contributed by atoms with Gasteiger partial charge in [-0.1, -0.05) is 34.6 Å². The molecule has 0 radical (unpaired) electrons. The molecule has 1 N–H and O–H groups in total. The third kappa shape index (κ3) is 6.98. The Kier molecular flexibility index (Phi) is 8.24. The first-order valence-electron chi connectivity index (χ1n) is 12.6. The van der Waals surface area contributed by atoms with Crippen LogP contribution in [0.2, 0.25) is 0 Å². The highest BCUT2D eigenvalue weighted by atomic mass is 16.2. The highest BCUT2D eigenvalue weighted by Crippen LogP contribution is 2.30. The number of hydrogen-bond acceptors (Lipinski definition) is 3. The number of nitrogens with one attached hydrogen (secondary N) is 1. The van der Waals surface area contributed by atoms with E-state index in [0.717, 1.165) is 62.4 Å². The molecule has 2 fully saturated rings. The summed E-state index contributed by atoms with van der Waals surface area (Å²) < 4.78 is 0. The zero-order valence-corrected chi connectivity index (χ0v) is 20.9. The van der Waals surface area contributed by atoms with Crippen molar-refractivity contribution in [1.82, 2.24) is 4.90 Å². The molecule has 1 aromatic rings. The first-order valence-corrected chi connectivity index (χ1v) is 12.6. The summed E-state index contributed by atoms with van der Waals surface area (Å²) in [5.41, 5.74) is 2.70. The van der Waals surface area contributed by atoms with Crippen molar-refractivity contribution in [1.29, 1.82) is 0 Å². The molecule has 32 heavy (non-hydrogen) atoms. The van der Waals surface area contributed by atoms with E-state index in [1.165, 1.54) is 19.3 Å². The number of carbonyl (C=O) groups is 2. The quantitative estimate of drug-likeness (QED) is 0.593. The summed E-state index contributed by atoms with van der Waals surface area (Å²) in [6.07, 6.45) is 7.21. The molecule has 0 saturated carbocycles. The fourth-order valence-electron chi connectivity index (χ4n) is 5.22. The molecule has 1 atom stereocenters.